The Bertz CT molecular complexity index is 1530. The Morgan fingerprint density at radius 1 is 1.21 bits per heavy atom. The highest BCUT2D eigenvalue weighted by molar-refractivity contribution is 6.33. The Kier molecular flexibility index (Phi) is 4.80. The predicted octanol–water partition coefficient (Wildman–Crippen LogP) is 4.30. The summed E-state index contributed by atoms with van der Waals surface area (Å²) < 4.78 is 7.59. The molecule has 0 bridgehead atoms. The first-order valence-corrected chi connectivity index (χ1v) is 11.1. The third-order valence-electron chi connectivity index (χ3n) is 5.61. The normalized spacial score (nSPS) is 13.4. The molecule has 34 heavy (non-hydrogen) atoms. The lowest BCUT2D eigenvalue weighted by Gasteiger charge is -2.07. The number of fused-ring (bicyclic) bond motifs is 1. The molecule has 1 aromatic carbocycles. The first-order valence-electron chi connectivity index (χ1n) is 10.7. The molecule has 5 aromatic rings. The smallest absolute Gasteiger partial charge is 0.320 e. The molecule has 0 radical (unpaired) electrons. The average molecular weight is 475 g/mol. The van der Waals surface area contributed by atoms with E-state index in [2.05, 4.69) is 35.9 Å². The topological polar surface area (TPSA) is 127 Å². The maximum Gasteiger partial charge on any atom is 0.320 e. The van der Waals surface area contributed by atoms with Crippen molar-refractivity contribution in [1.29, 1.82) is 0 Å². The van der Waals surface area contributed by atoms with Crippen molar-refractivity contribution in [3.63, 3.8) is 0 Å². The van der Waals surface area contributed by atoms with E-state index in [4.69, 9.17) is 16.0 Å². The van der Waals surface area contributed by atoms with Crippen LogP contribution in [0.25, 0.3) is 33.6 Å². The molecule has 170 valence electrons. The highest BCUT2D eigenvalue weighted by Gasteiger charge is 2.24. The van der Waals surface area contributed by atoms with Crippen LogP contribution in [0, 0.1) is 0 Å². The van der Waals surface area contributed by atoms with Crippen LogP contribution in [0.1, 0.15) is 23.2 Å². The number of carbonyl (C=O) groups is 1. The van der Waals surface area contributed by atoms with Crippen LogP contribution >= 0.6 is 11.6 Å². The summed E-state index contributed by atoms with van der Waals surface area (Å²) in [6, 6.07) is 7.49. The van der Waals surface area contributed by atoms with E-state index in [1.165, 1.54) is 0 Å². The summed E-state index contributed by atoms with van der Waals surface area (Å²) in [6.45, 7) is 0. The molecule has 1 saturated carbocycles. The van der Waals surface area contributed by atoms with Gasteiger partial charge < -0.3 is 20.0 Å². The second-order valence-corrected chi connectivity index (χ2v) is 8.61. The SMILES string of the molecule is Cn1cc(-c2cnc3[nH]cc(-c4nnc(Nc5ccc(C(=O)NC6CC6)cc5Cl)o4)c3c2)cn1. The van der Waals surface area contributed by atoms with Crippen LogP contribution in [0.5, 0.6) is 0 Å². The van der Waals surface area contributed by atoms with Gasteiger partial charge in [-0.15, -0.1) is 5.10 Å². The van der Waals surface area contributed by atoms with Crippen LogP contribution in [0.2, 0.25) is 5.02 Å². The number of rotatable bonds is 6. The fourth-order valence-electron chi connectivity index (χ4n) is 3.66. The number of halogens is 1. The number of carbonyl (C=O) groups excluding carboxylic acids is 1. The van der Waals surface area contributed by atoms with Crippen molar-refractivity contribution in [2.45, 2.75) is 18.9 Å². The molecular formula is C23H19ClN8O2. The van der Waals surface area contributed by atoms with Gasteiger partial charge in [0.2, 0.25) is 0 Å². The van der Waals surface area contributed by atoms with Gasteiger partial charge in [-0.25, -0.2) is 4.98 Å². The number of pyridine rings is 1. The van der Waals surface area contributed by atoms with Crippen LogP contribution in [0.3, 0.4) is 0 Å². The van der Waals surface area contributed by atoms with Crippen LogP contribution in [0.4, 0.5) is 11.7 Å². The molecule has 0 atom stereocenters. The summed E-state index contributed by atoms with van der Waals surface area (Å²) in [5, 5.41) is 19.7. The van der Waals surface area contributed by atoms with Gasteiger partial charge in [0.15, 0.2) is 0 Å². The number of anilines is 2. The van der Waals surface area contributed by atoms with Crippen LogP contribution in [-0.4, -0.2) is 41.9 Å². The van der Waals surface area contributed by atoms with E-state index in [9.17, 15) is 4.79 Å². The van der Waals surface area contributed by atoms with E-state index in [1.807, 2.05) is 19.3 Å². The number of hydrogen-bond acceptors (Lipinski definition) is 7. The number of nitrogens with one attached hydrogen (secondary N) is 3. The Balaban J connectivity index is 1.25. The zero-order valence-corrected chi connectivity index (χ0v) is 18.8. The van der Waals surface area contributed by atoms with Crippen molar-refractivity contribution in [3.05, 3.63) is 59.6 Å². The van der Waals surface area contributed by atoms with Gasteiger partial charge in [0.1, 0.15) is 5.65 Å². The Hall–Kier alpha value is -4.18. The summed E-state index contributed by atoms with van der Waals surface area (Å²) in [6.07, 6.45) is 9.33. The number of aromatic nitrogens is 6. The van der Waals surface area contributed by atoms with E-state index < -0.39 is 0 Å². The zero-order chi connectivity index (χ0) is 23.2. The number of aryl methyl sites for hydroxylation is 1. The molecule has 1 amide bonds. The number of hydrogen-bond donors (Lipinski definition) is 3. The number of amides is 1. The number of benzene rings is 1. The Morgan fingerprint density at radius 3 is 2.85 bits per heavy atom. The molecule has 10 nitrogen and oxygen atoms in total. The van der Waals surface area contributed by atoms with Crippen molar-refractivity contribution in [1.82, 2.24) is 35.3 Å². The summed E-state index contributed by atoms with van der Waals surface area (Å²) in [7, 11) is 1.87. The van der Waals surface area contributed by atoms with Gasteiger partial charge in [0, 0.05) is 53.8 Å². The minimum Gasteiger partial charge on any atom is -0.403 e. The van der Waals surface area contributed by atoms with E-state index in [0.29, 0.717) is 27.8 Å². The highest BCUT2D eigenvalue weighted by atomic mass is 35.5. The minimum atomic E-state index is -0.130. The summed E-state index contributed by atoms with van der Waals surface area (Å²) in [5.74, 6) is 0.199. The molecule has 1 aliphatic carbocycles. The van der Waals surface area contributed by atoms with Crippen molar-refractivity contribution >= 4 is 40.2 Å². The monoisotopic (exact) mass is 474 g/mol. The maximum absolute atomic E-state index is 12.2. The van der Waals surface area contributed by atoms with E-state index in [0.717, 1.165) is 34.9 Å². The van der Waals surface area contributed by atoms with Crippen LogP contribution in [-0.2, 0) is 7.05 Å². The molecule has 4 aromatic heterocycles. The van der Waals surface area contributed by atoms with E-state index in [1.54, 1.807) is 41.5 Å². The van der Waals surface area contributed by atoms with Gasteiger partial charge in [-0.05, 0) is 37.1 Å². The molecule has 1 aliphatic rings. The minimum absolute atomic E-state index is 0.130. The molecule has 11 heteroatoms. The van der Waals surface area contributed by atoms with Crippen molar-refractivity contribution in [2.24, 2.45) is 7.05 Å². The predicted molar refractivity (Wildman–Crippen MR) is 127 cm³/mol. The van der Waals surface area contributed by atoms with Gasteiger partial charge in [0.25, 0.3) is 11.8 Å². The molecule has 0 aliphatic heterocycles. The van der Waals surface area contributed by atoms with Gasteiger partial charge in [-0.3, -0.25) is 9.48 Å². The van der Waals surface area contributed by atoms with Crippen molar-refractivity contribution in [3.8, 4) is 22.6 Å². The largest absolute Gasteiger partial charge is 0.403 e. The summed E-state index contributed by atoms with van der Waals surface area (Å²) in [4.78, 5) is 19.9. The fourth-order valence-corrected chi connectivity index (χ4v) is 3.89. The molecule has 0 saturated heterocycles. The summed E-state index contributed by atoms with van der Waals surface area (Å²) in [5.41, 5.74) is 4.38. The van der Waals surface area contributed by atoms with Crippen LogP contribution < -0.4 is 10.6 Å². The fraction of sp³-hybridized carbons (Fsp3) is 0.174. The molecule has 0 unspecified atom stereocenters. The molecule has 6 rings (SSSR count). The second kappa shape index (κ2) is 7.99. The standard InChI is InChI=1S/C23H19ClN8O2/c1-32-11-14(9-27-32)13-6-16-17(10-26-20(16)25-8-13)22-30-31-23(34-22)29-19-5-2-12(7-18(19)24)21(33)28-15-3-4-15/h2,5-11,15H,3-4H2,1H3,(H,25,26)(H,28,33)(H,29,31). The first kappa shape index (κ1) is 20.4. The summed E-state index contributed by atoms with van der Waals surface area (Å²) >= 11 is 6.38. The van der Waals surface area contributed by atoms with Gasteiger partial charge in [-0.1, -0.05) is 16.7 Å². The first-order chi connectivity index (χ1) is 16.5. The zero-order valence-electron chi connectivity index (χ0n) is 18.0. The Labute approximate surface area is 198 Å². The van der Waals surface area contributed by atoms with Crippen molar-refractivity contribution < 1.29 is 9.21 Å². The number of aromatic amines is 1. The maximum atomic E-state index is 12.2. The lowest BCUT2D eigenvalue weighted by molar-refractivity contribution is 0.0951. The van der Waals surface area contributed by atoms with Gasteiger partial charge in [-0.2, -0.15) is 5.10 Å². The lowest BCUT2D eigenvalue weighted by atomic mass is 10.1. The van der Waals surface area contributed by atoms with Gasteiger partial charge in [0.05, 0.1) is 22.5 Å². The Morgan fingerprint density at radius 2 is 2.09 bits per heavy atom. The van der Waals surface area contributed by atoms with Crippen LogP contribution in [0.15, 0.2) is 53.5 Å². The third-order valence-corrected chi connectivity index (χ3v) is 5.92. The number of H-pyrrole nitrogens is 1. The number of nitrogens with zero attached hydrogens (tertiary/aromatic N) is 5. The highest BCUT2D eigenvalue weighted by Crippen LogP contribution is 2.32. The van der Waals surface area contributed by atoms with E-state index in [-0.39, 0.29) is 18.0 Å². The quantitative estimate of drug-likeness (QED) is 0.335. The molecular weight excluding hydrogens is 456 g/mol. The third kappa shape index (κ3) is 3.88. The van der Waals surface area contributed by atoms with E-state index >= 15 is 0 Å². The average Bonchev–Trinajstić information content (AvgIpc) is 3.20. The second-order valence-electron chi connectivity index (χ2n) is 8.20. The van der Waals surface area contributed by atoms with Gasteiger partial charge >= 0.3 is 6.01 Å². The van der Waals surface area contributed by atoms with Crippen molar-refractivity contribution in [2.75, 3.05) is 5.32 Å². The lowest BCUT2D eigenvalue weighted by Crippen LogP contribution is -2.25. The molecule has 4 heterocycles. The molecule has 0 spiro atoms. The molecule has 3 N–H and O–H groups in total. The molecule has 1 fully saturated rings.